The average molecular weight is 393 g/mol. The lowest BCUT2D eigenvalue weighted by molar-refractivity contribution is -0.318. The van der Waals surface area contributed by atoms with Crippen LogP contribution in [-0.4, -0.2) is 45.8 Å². The molecule has 1 heterocycles. The molecule has 160 valence electrons. The smallest absolute Gasteiger partial charge is 0.102 e. The minimum absolute atomic E-state index is 0.0145. The lowest BCUT2D eigenvalue weighted by Gasteiger charge is -2.70. The van der Waals surface area contributed by atoms with E-state index in [4.69, 9.17) is 4.74 Å². The Kier molecular flexibility index (Phi) is 4.34. The van der Waals surface area contributed by atoms with Crippen molar-refractivity contribution in [3.8, 4) is 0 Å². The second-order valence-electron chi connectivity index (χ2n) is 11.7. The van der Waals surface area contributed by atoms with E-state index in [1.54, 1.807) is 0 Å². The van der Waals surface area contributed by atoms with Crippen molar-refractivity contribution in [2.24, 2.45) is 39.9 Å². The van der Waals surface area contributed by atoms with E-state index in [2.05, 4.69) is 55.4 Å². The Morgan fingerprint density at radius 3 is 2.18 bits per heavy atom. The number of allylic oxidation sites excluding steroid dienone is 1. The molecule has 0 aromatic heterocycles. The van der Waals surface area contributed by atoms with Gasteiger partial charge >= 0.3 is 0 Å². The Morgan fingerprint density at radius 2 is 1.64 bits per heavy atom. The van der Waals surface area contributed by atoms with Gasteiger partial charge in [-0.25, -0.2) is 0 Å². The highest BCUT2D eigenvalue weighted by Gasteiger charge is 2.71. The van der Waals surface area contributed by atoms with E-state index in [-0.39, 0.29) is 35.2 Å². The number of ether oxygens (including phenoxy) is 1. The highest BCUT2D eigenvalue weighted by atomic mass is 16.5. The minimum Gasteiger partial charge on any atom is -0.389 e. The van der Waals surface area contributed by atoms with Crippen molar-refractivity contribution < 1.29 is 20.1 Å². The molecule has 10 atom stereocenters. The predicted molar refractivity (Wildman–Crippen MR) is 110 cm³/mol. The molecule has 4 heteroatoms. The quantitative estimate of drug-likeness (QED) is 0.552. The van der Waals surface area contributed by atoms with Crippen LogP contribution in [0.15, 0.2) is 11.1 Å². The second-order valence-corrected chi connectivity index (χ2v) is 11.7. The van der Waals surface area contributed by atoms with Gasteiger partial charge in [-0.15, -0.1) is 0 Å². The summed E-state index contributed by atoms with van der Waals surface area (Å²) in [6.45, 7) is 17.8. The van der Waals surface area contributed by atoms with Gasteiger partial charge in [0.15, 0.2) is 0 Å². The van der Waals surface area contributed by atoms with Crippen molar-refractivity contribution in [2.75, 3.05) is 6.61 Å². The van der Waals surface area contributed by atoms with Gasteiger partial charge in [-0.2, -0.15) is 0 Å². The fraction of sp³-hybridized carbons (Fsp3) is 0.917. The van der Waals surface area contributed by atoms with Crippen LogP contribution in [0.4, 0.5) is 0 Å². The molecule has 0 unspecified atom stereocenters. The molecule has 4 rings (SSSR count). The third-order valence-electron chi connectivity index (χ3n) is 10.4. The van der Waals surface area contributed by atoms with E-state index in [1.165, 1.54) is 0 Å². The van der Waals surface area contributed by atoms with Crippen molar-refractivity contribution in [3.63, 3.8) is 0 Å². The van der Waals surface area contributed by atoms with E-state index in [9.17, 15) is 15.3 Å². The van der Waals surface area contributed by atoms with Crippen LogP contribution in [0, 0.1) is 39.9 Å². The summed E-state index contributed by atoms with van der Waals surface area (Å²) in [7, 11) is 0. The Bertz CT molecular complexity index is 713. The van der Waals surface area contributed by atoms with Gasteiger partial charge in [0.05, 0.1) is 24.4 Å². The predicted octanol–water partition coefficient (Wildman–Crippen LogP) is 3.54. The first kappa shape index (κ1) is 20.8. The number of hydrogen-bond donors (Lipinski definition) is 3. The van der Waals surface area contributed by atoms with Gasteiger partial charge in [0.2, 0.25) is 0 Å². The lowest BCUT2D eigenvalue weighted by Crippen LogP contribution is -2.74. The number of fused-ring (bicyclic) bond motifs is 5. The number of hydrogen-bond acceptors (Lipinski definition) is 4. The zero-order valence-electron chi connectivity index (χ0n) is 18.9. The van der Waals surface area contributed by atoms with E-state index in [0.717, 1.165) is 17.6 Å². The van der Waals surface area contributed by atoms with Crippen LogP contribution in [0.1, 0.15) is 68.2 Å². The van der Waals surface area contributed by atoms with E-state index in [1.807, 2.05) is 0 Å². The van der Waals surface area contributed by atoms with Gasteiger partial charge in [-0.05, 0) is 49.0 Å². The Balaban J connectivity index is 2.00. The van der Waals surface area contributed by atoms with Crippen molar-refractivity contribution in [3.05, 3.63) is 11.1 Å². The van der Waals surface area contributed by atoms with Crippen LogP contribution >= 0.6 is 0 Å². The number of aliphatic hydroxyl groups excluding tert-OH is 2. The monoisotopic (exact) mass is 392 g/mol. The summed E-state index contributed by atoms with van der Waals surface area (Å²) in [6, 6.07) is 0. The van der Waals surface area contributed by atoms with Crippen LogP contribution in [-0.2, 0) is 4.74 Å². The molecule has 4 aliphatic rings. The molecule has 3 aliphatic carbocycles. The van der Waals surface area contributed by atoms with Crippen LogP contribution in [0.3, 0.4) is 0 Å². The third-order valence-corrected chi connectivity index (χ3v) is 10.4. The molecule has 0 aromatic carbocycles. The zero-order chi connectivity index (χ0) is 21.0. The largest absolute Gasteiger partial charge is 0.389 e. The van der Waals surface area contributed by atoms with E-state index < -0.39 is 28.6 Å². The molecule has 0 aromatic rings. The van der Waals surface area contributed by atoms with Gasteiger partial charge in [0.25, 0.3) is 0 Å². The summed E-state index contributed by atoms with van der Waals surface area (Å²) in [5.41, 5.74) is -0.0996. The van der Waals surface area contributed by atoms with Crippen molar-refractivity contribution in [1.29, 1.82) is 0 Å². The average Bonchev–Trinajstić information content (AvgIpc) is 2.60. The van der Waals surface area contributed by atoms with Gasteiger partial charge in [-0.1, -0.05) is 54.0 Å². The highest BCUT2D eigenvalue weighted by Crippen LogP contribution is 2.69. The Labute approximate surface area is 170 Å². The molecule has 3 N–H and O–H groups in total. The molecule has 4 nitrogen and oxygen atoms in total. The maximum absolute atomic E-state index is 12.3. The van der Waals surface area contributed by atoms with Gasteiger partial charge < -0.3 is 20.1 Å². The summed E-state index contributed by atoms with van der Waals surface area (Å²) in [5.74, 6) is 0.443. The first-order valence-electron chi connectivity index (χ1n) is 11.2. The molecule has 1 saturated heterocycles. The maximum atomic E-state index is 12.3. The molecule has 28 heavy (non-hydrogen) atoms. The zero-order valence-corrected chi connectivity index (χ0v) is 18.9. The Morgan fingerprint density at radius 1 is 1.04 bits per heavy atom. The van der Waals surface area contributed by atoms with Gasteiger partial charge in [0, 0.05) is 16.2 Å². The molecule has 3 fully saturated rings. The molecule has 0 spiro atoms. The fourth-order valence-corrected chi connectivity index (χ4v) is 8.27. The van der Waals surface area contributed by atoms with Crippen molar-refractivity contribution >= 4 is 0 Å². The summed E-state index contributed by atoms with van der Waals surface area (Å²) >= 11 is 0. The topological polar surface area (TPSA) is 69.9 Å². The summed E-state index contributed by atoms with van der Waals surface area (Å²) in [4.78, 5) is 0. The summed E-state index contributed by atoms with van der Waals surface area (Å²) in [6.07, 6.45) is -0.0328. The SMILES string of the molecule is CC1=C2[C@H](O)[C@H](O)[C@@]3(C)[C@H]([C@H](C)[C@](O)(C[C@@H]1C)C2(C)C)[C@]1(C)CO[C@@H]1C[C@@H]3C. The van der Waals surface area contributed by atoms with Crippen LogP contribution in [0.5, 0.6) is 0 Å². The molecular formula is C24H40O4. The standard InChI is InChI=1S/C24H40O4/c1-12-10-24(27)15(4)19-22(7)11-28-16(22)9-13(2)23(19,8)20(26)18(25)17(14(12)3)21(24,5)6/h12-13,15-16,18-20,25-27H,9-11H2,1-8H3/t12-,13-,15-,16+,18-,19+,20-,22+,23+,24+/m0/s1. The summed E-state index contributed by atoms with van der Waals surface area (Å²) < 4.78 is 5.98. The fourth-order valence-electron chi connectivity index (χ4n) is 8.27. The first-order valence-corrected chi connectivity index (χ1v) is 11.2. The Hall–Kier alpha value is -0.420. The highest BCUT2D eigenvalue weighted by molar-refractivity contribution is 5.37. The van der Waals surface area contributed by atoms with Crippen LogP contribution < -0.4 is 0 Å². The first-order chi connectivity index (χ1) is 12.7. The van der Waals surface area contributed by atoms with E-state index >= 15 is 0 Å². The molecule has 0 radical (unpaired) electrons. The van der Waals surface area contributed by atoms with Gasteiger partial charge in [-0.3, -0.25) is 0 Å². The minimum atomic E-state index is -0.951. The molecule has 1 aliphatic heterocycles. The number of aliphatic hydroxyl groups is 3. The van der Waals surface area contributed by atoms with Crippen LogP contribution in [0.2, 0.25) is 0 Å². The third kappa shape index (κ3) is 2.11. The molecule has 0 amide bonds. The molecule has 2 bridgehead atoms. The van der Waals surface area contributed by atoms with Crippen LogP contribution in [0.25, 0.3) is 0 Å². The summed E-state index contributed by atoms with van der Waals surface area (Å²) in [5, 5.41) is 35.5. The maximum Gasteiger partial charge on any atom is 0.102 e. The van der Waals surface area contributed by atoms with Crippen molar-refractivity contribution in [2.45, 2.75) is 92.1 Å². The van der Waals surface area contributed by atoms with Gasteiger partial charge in [0.1, 0.15) is 6.10 Å². The van der Waals surface area contributed by atoms with Crippen molar-refractivity contribution in [1.82, 2.24) is 0 Å². The van der Waals surface area contributed by atoms with E-state index in [0.29, 0.717) is 13.0 Å². The number of rotatable bonds is 0. The second kappa shape index (κ2) is 5.84. The normalized spacial score (nSPS) is 58.2. The molecule has 2 saturated carbocycles. The molecular weight excluding hydrogens is 352 g/mol. The lowest BCUT2D eigenvalue weighted by atomic mass is 9.39.